The molecule has 1 heterocycles. The van der Waals surface area contributed by atoms with Gasteiger partial charge in [0, 0.05) is 6.04 Å². The average molecular weight is 225 g/mol. The molecule has 2 nitrogen and oxygen atoms in total. The summed E-state index contributed by atoms with van der Waals surface area (Å²) in [6.07, 6.45) is 5.76. The van der Waals surface area contributed by atoms with Crippen LogP contribution in [0.4, 0.5) is 0 Å². The molecule has 2 rings (SSSR count). The van der Waals surface area contributed by atoms with E-state index in [4.69, 9.17) is 0 Å². The minimum atomic E-state index is -0.386. The van der Waals surface area contributed by atoms with Gasteiger partial charge in [-0.2, -0.15) is 0 Å². The molecule has 2 unspecified atom stereocenters. The van der Waals surface area contributed by atoms with Crippen molar-refractivity contribution in [3.05, 3.63) is 0 Å². The second-order valence-corrected chi connectivity index (χ2v) is 6.32. The zero-order valence-electron chi connectivity index (χ0n) is 11.0. The number of piperidine rings is 1. The Morgan fingerprint density at radius 3 is 2.62 bits per heavy atom. The van der Waals surface area contributed by atoms with Gasteiger partial charge in [-0.05, 0) is 50.0 Å². The van der Waals surface area contributed by atoms with Gasteiger partial charge in [-0.15, -0.1) is 0 Å². The van der Waals surface area contributed by atoms with Crippen molar-refractivity contribution in [1.29, 1.82) is 0 Å². The van der Waals surface area contributed by atoms with Crippen molar-refractivity contribution in [1.82, 2.24) is 5.32 Å². The molecule has 2 heteroatoms. The Kier molecular flexibility index (Phi) is 3.60. The van der Waals surface area contributed by atoms with Crippen LogP contribution in [0.15, 0.2) is 0 Å². The Bertz CT molecular complexity index is 233. The fourth-order valence-corrected chi connectivity index (χ4v) is 3.38. The van der Waals surface area contributed by atoms with Crippen molar-refractivity contribution in [2.45, 2.75) is 64.5 Å². The predicted octanol–water partition coefficient (Wildman–Crippen LogP) is 2.56. The molecule has 94 valence electrons. The summed E-state index contributed by atoms with van der Waals surface area (Å²) >= 11 is 0. The zero-order valence-corrected chi connectivity index (χ0v) is 11.0. The van der Waals surface area contributed by atoms with E-state index in [1.807, 2.05) is 0 Å². The number of hydrogen-bond acceptors (Lipinski definition) is 2. The van der Waals surface area contributed by atoms with Crippen LogP contribution >= 0.6 is 0 Å². The number of aliphatic hydroxyl groups is 1. The minimum Gasteiger partial charge on any atom is -0.388 e. The summed E-state index contributed by atoms with van der Waals surface area (Å²) < 4.78 is 0. The molecule has 16 heavy (non-hydrogen) atoms. The van der Waals surface area contributed by atoms with Gasteiger partial charge in [-0.25, -0.2) is 0 Å². The highest BCUT2D eigenvalue weighted by Crippen LogP contribution is 2.46. The van der Waals surface area contributed by atoms with Crippen LogP contribution in [0.2, 0.25) is 0 Å². The molecule has 2 atom stereocenters. The first-order valence-corrected chi connectivity index (χ1v) is 7.01. The quantitative estimate of drug-likeness (QED) is 0.773. The molecule has 2 fully saturated rings. The third kappa shape index (κ3) is 2.28. The molecule has 2 aliphatic rings. The summed E-state index contributed by atoms with van der Waals surface area (Å²) in [6.45, 7) is 7.91. The van der Waals surface area contributed by atoms with Gasteiger partial charge in [-0.1, -0.05) is 27.2 Å². The third-order valence-electron chi connectivity index (χ3n) is 4.91. The topological polar surface area (TPSA) is 32.3 Å². The van der Waals surface area contributed by atoms with Gasteiger partial charge in [0.2, 0.25) is 0 Å². The van der Waals surface area contributed by atoms with E-state index >= 15 is 0 Å². The van der Waals surface area contributed by atoms with Crippen molar-refractivity contribution in [2.75, 3.05) is 6.54 Å². The molecule has 0 amide bonds. The fourth-order valence-electron chi connectivity index (χ4n) is 3.38. The molecule has 0 aromatic carbocycles. The third-order valence-corrected chi connectivity index (χ3v) is 4.91. The van der Waals surface area contributed by atoms with E-state index in [1.165, 1.54) is 19.3 Å². The van der Waals surface area contributed by atoms with Gasteiger partial charge in [0.1, 0.15) is 0 Å². The Balaban J connectivity index is 1.88. The molecule has 0 aromatic rings. The van der Waals surface area contributed by atoms with Crippen molar-refractivity contribution >= 4 is 0 Å². The molecule has 0 radical (unpaired) electrons. The summed E-state index contributed by atoms with van der Waals surface area (Å²) in [5.74, 6) is 2.30. The molecule has 0 aromatic heterocycles. The molecule has 1 saturated carbocycles. The van der Waals surface area contributed by atoms with E-state index in [0.717, 1.165) is 37.1 Å². The first-order valence-electron chi connectivity index (χ1n) is 7.01. The van der Waals surface area contributed by atoms with Gasteiger partial charge in [0.05, 0.1) is 5.60 Å². The van der Waals surface area contributed by atoms with E-state index in [0.29, 0.717) is 6.04 Å². The zero-order chi connectivity index (χ0) is 11.8. The van der Waals surface area contributed by atoms with Crippen molar-refractivity contribution in [3.8, 4) is 0 Å². The molecule has 1 saturated heterocycles. The largest absolute Gasteiger partial charge is 0.388 e. The van der Waals surface area contributed by atoms with E-state index in [-0.39, 0.29) is 5.60 Å². The normalized spacial score (nSPS) is 44.4. The van der Waals surface area contributed by atoms with E-state index in [9.17, 15) is 5.11 Å². The molecule has 1 aliphatic heterocycles. The van der Waals surface area contributed by atoms with Crippen LogP contribution in [0.3, 0.4) is 0 Å². The molecule has 0 bridgehead atoms. The van der Waals surface area contributed by atoms with Gasteiger partial charge in [-0.3, -0.25) is 0 Å². The van der Waals surface area contributed by atoms with Crippen LogP contribution < -0.4 is 5.32 Å². The summed E-state index contributed by atoms with van der Waals surface area (Å²) in [6, 6.07) is 0.362. The smallest absolute Gasteiger partial charge is 0.0805 e. The first kappa shape index (κ1) is 12.4. The van der Waals surface area contributed by atoms with Crippen LogP contribution in [0, 0.1) is 17.8 Å². The van der Waals surface area contributed by atoms with Crippen LogP contribution in [0.1, 0.15) is 52.9 Å². The highest BCUT2D eigenvalue weighted by Gasteiger charge is 2.49. The van der Waals surface area contributed by atoms with Crippen LogP contribution in [-0.4, -0.2) is 23.3 Å². The summed E-state index contributed by atoms with van der Waals surface area (Å²) in [4.78, 5) is 0. The summed E-state index contributed by atoms with van der Waals surface area (Å²) in [7, 11) is 0. The maximum Gasteiger partial charge on any atom is 0.0805 e. The van der Waals surface area contributed by atoms with Crippen molar-refractivity contribution < 1.29 is 5.11 Å². The molecule has 1 aliphatic carbocycles. The Hall–Kier alpha value is -0.0800. The standard InChI is InChI=1S/C14H27NO/c1-4-11-5-6-15-13(7-11)14(16)8-12(9-14)10(2)3/h10-13,15-16H,4-9H2,1-3H3. The lowest BCUT2D eigenvalue weighted by atomic mass is 9.61. The average Bonchev–Trinajstić information content (AvgIpc) is 2.24. The molecule has 2 N–H and O–H groups in total. The second kappa shape index (κ2) is 4.66. The number of hydrogen-bond donors (Lipinski definition) is 2. The lowest BCUT2D eigenvalue weighted by Gasteiger charge is -2.52. The van der Waals surface area contributed by atoms with E-state index < -0.39 is 0 Å². The van der Waals surface area contributed by atoms with Crippen LogP contribution in [0.5, 0.6) is 0 Å². The van der Waals surface area contributed by atoms with E-state index in [1.54, 1.807) is 0 Å². The monoisotopic (exact) mass is 225 g/mol. The van der Waals surface area contributed by atoms with Crippen molar-refractivity contribution in [3.63, 3.8) is 0 Å². The van der Waals surface area contributed by atoms with Crippen LogP contribution in [0.25, 0.3) is 0 Å². The van der Waals surface area contributed by atoms with Crippen molar-refractivity contribution in [2.24, 2.45) is 17.8 Å². The fraction of sp³-hybridized carbons (Fsp3) is 1.00. The highest BCUT2D eigenvalue weighted by molar-refractivity contribution is 5.04. The highest BCUT2D eigenvalue weighted by atomic mass is 16.3. The molecular formula is C14H27NO. The minimum absolute atomic E-state index is 0.362. The molecular weight excluding hydrogens is 198 g/mol. The number of nitrogens with one attached hydrogen (secondary N) is 1. The Morgan fingerprint density at radius 1 is 1.38 bits per heavy atom. The number of rotatable bonds is 3. The lowest BCUT2D eigenvalue weighted by molar-refractivity contribution is -0.120. The summed E-state index contributed by atoms with van der Waals surface area (Å²) in [5, 5.41) is 14.1. The van der Waals surface area contributed by atoms with Gasteiger partial charge in [0.15, 0.2) is 0 Å². The van der Waals surface area contributed by atoms with Gasteiger partial charge in [0.25, 0.3) is 0 Å². The lowest BCUT2D eigenvalue weighted by Crippen LogP contribution is -2.61. The second-order valence-electron chi connectivity index (χ2n) is 6.32. The van der Waals surface area contributed by atoms with Gasteiger partial charge >= 0.3 is 0 Å². The Morgan fingerprint density at radius 2 is 2.06 bits per heavy atom. The maximum atomic E-state index is 10.6. The molecule has 0 spiro atoms. The maximum absolute atomic E-state index is 10.6. The SMILES string of the molecule is CCC1CCNC(C2(O)CC(C(C)C)C2)C1. The first-order chi connectivity index (χ1) is 7.55. The summed E-state index contributed by atoms with van der Waals surface area (Å²) in [5.41, 5.74) is -0.386. The predicted molar refractivity (Wildman–Crippen MR) is 67.3 cm³/mol. The van der Waals surface area contributed by atoms with Gasteiger partial charge < -0.3 is 10.4 Å². The Labute approximate surface area is 99.8 Å². The van der Waals surface area contributed by atoms with Crippen LogP contribution in [-0.2, 0) is 0 Å². The van der Waals surface area contributed by atoms with E-state index in [2.05, 4.69) is 26.1 Å².